The zero-order valence-electron chi connectivity index (χ0n) is 26.9. The first kappa shape index (κ1) is 31.0. The van der Waals surface area contributed by atoms with E-state index in [-0.39, 0.29) is 53.6 Å². The van der Waals surface area contributed by atoms with E-state index < -0.39 is 17.5 Å². The largest absolute Gasteiger partial charge is 0.423 e. The molecule has 7 rings (SSSR count). The molecule has 3 saturated heterocycles. The molecule has 0 aromatic heterocycles. The number of cyclic esters (lactones) is 1. The lowest BCUT2D eigenvalue weighted by molar-refractivity contribution is -0.186. The first-order chi connectivity index (χ1) is 21.6. The van der Waals surface area contributed by atoms with Gasteiger partial charge in [0.05, 0.1) is 44.1 Å². The molecule has 0 bridgehead atoms. The topological polar surface area (TPSA) is 115 Å². The summed E-state index contributed by atoms with van der Waals surface area (Å²) < 4.78 is 17.8. The summed E-state index contributed by atoms with van der Waals surface area (Å²) in [4.78, 5) is 32.3. The minimum absolute atomic E-state index is 0.0256. The van der Waals surface area contributed by atoms with Crippen LogP contribution >= 0.6 is 0 Å². The minimum atomic E-state index is -0.634. The van der Waals surface area contributed by atoms with Crippen LogP contribution in [0.2, 0.25) is 0 Å². The zero-order valence-corrected chi connectivity index (χ0v) is 26.9. The molecule has 0 aromatic carbocycles. The van der Waals surface area contributed by atoms with Gasteiger partial charge in [0.25, 0.3) is 0 Å². The predicted molar refractivity (Wildman–Crippen MR) is 166 cm³/mol. The summed E-state index contributed by atoms with van der Waals surface area (Å²) in [5.41, 5.74) is -0.00897. The van der Waals surface area contributed by atoms with Gasteiger partial charge in [-0.05, 0) is 67.9 Å². The molecule has 7 aliphatic rings. The number of epoxide rings is 1. The molecule has 2 aliphatic carbocycles. The van der Waals surface area contributed by atoms with Gasteiger partial charge in [0.15, 0.2) is 0 Å². The Balaban J connectivity index is 1.18. The molecule has 5 heterocycles. The Morgan fingerprint density at radius 3 is 2.62 bits per heavy atom. The number of rotatable bonds is 6. The normalized spacial score (nSPS) is 44.4. The number of likely N-dealkylation sites (N-methyl/N-ethyl adjacent to an activating group) is 1. The van der Waals surface area contributed by atoms with Gasteiger partial charge < -0.3 is 24.4 Å². The number of morpholine rings is 1. The van der Waals surface area contributed by atoms with Crippen molar-refractivity contribution in [3.8, 4) is 0 Å². The van der Waals surface area contributed by atoms with Crippen molar-refractivity contribution in [1.82, 2.24) is 14.7 Å². The highest BCUT2D eigenvalue weighted by Crippen LogP contribution is 2.66. The first-order valence-electron chi connectivity index (χ1n) is 16.6. The average molecular weight is 622 g/mol. The van der Waals surface area contributed by atoms with Crippen molar-refractivity contribution in [2.24, 2.45) is 22.7 Å². The number of hydrogen-bond donors (Lipinski definition) is 2. The van der Waals surface area contributed by atoms with E-state index in [4.69, 9.17) is 14.2 Å². The molecule has 1 amide bonds. The second-order valence-corrected chi connectivity index (χ2v) is 14.5. The summed E-state index contributed by atoms with van der Waals surface area (Å²) in [6, 6.07) is -0.0203. The molecule has 0 aromatic rings. The highest BCUT2D eigenvalue weighted by molar-refractivity contribution is 5.95. The zero-order chi connectivity index (χ0) is 31.7. The van der Waals surface area contributed by atoms with Crippen LogP contribution in [0.4, 0.5) is 0 Å². The molecule has 10 heteroatoms. The van der Waals surface area contributed by atoms with Crippen molar-refractivity contribution < 1.29 is 34.0 Å². The number of amides is 1. The van der Waals surface area contributed by atoms with Gasteiger partial charge in [0.1, 0.15) is 17.5 Å². The van der Waals surface area contributed by atoms with E-state index in [9.17, 15) is 19.8 Å². The second kappa shape index (κ2) is 11.3. The van der Waals surface area contributed by atoms with Gasteiger partial charge in [-0.1, -0.05) is 39.0 Å². The van der Waals surface area contributed by atoms with E-state index in [0.717, 1.165) is 37.9 Å². The summed E-state index contributed by atoms with van der Waals surface area (Å²) in [6.07, 6.45) is 15.7. The van der Waals surface area contributed by atoms with Gasteiger partial charge in [0, 0.05) is 36.7 Å². The van der Waals surface area contributed by atoms with Crippen molar-refractivity contribution in [2.75, 3.05) is 46.6 Å². The van der Waals surface area contributed by atoms with Gasteiger partial charge in [0.2, 0.25) is 5.91 Å². The highest BCUT2D eigenvalue weighted by Gasteiger charge is 2.71. The molecule has 10 nitrogen and oxygen atoms in total. The van der Waals surface area contributed by atoms with Crippen LogP contribution < -0.4 is 0 Å². The monoisotopic (exact) mass is 621 g/mol. The Hall–Kier alpha value is -2.60. The molecule has 5 aliphatic heterocycles. The van der Waals surface area contributed by atoms with E-state index >= 15 is 0 Å². The number of carbonyl (C=O) groups is 2. The van der Waals surface area contributed by atoms with Crippen molar-refractivity contribution in [2.45, 2.75) is 76.4 Å². The van der Waals surface area contributed by atoms with Gasteiger partial charge in [-0.15, -0.1) is 0 Å². The summed E-state index contributed by atoms with van der Waals surface area (Å²) in [5.74, 6) is 0.134. The average Bonchev–Trinajstić information content (AvgIpc) is 3.68. The SMILES string of the molecule is CCC1C(=O)N2C=C(C=C3C=C(C=CC4C5(CO5)C(N5CCOCC5)CC5[C@]4(C)CC[C@@H](O)[C@@]5(C)CO)C(=O)O3)C=CC2N1C. The Morgan fingerprint density at radius 1 is 1.18 bits per heavy atom. The van der Waals surface area contributed by atoms with Crippen LogP contribution in [0.15, 0.2) is 59.6 Å². The van der Waals surface area contributed by atoms with Gasteiger partial charge in [-0.25, -0.2) is 4.79 Å². The standard InChI is InChI=1S/C35H47N3O7/c1-5-25-31(41)38-19-22(6-9-30(38)36(25)4)16-24-17-23(32(42)45-24)7-8-26-33(2)11-10-29(40)34(3,20-39)27(33)18-28(35(26)21-44-35)37-12-14-43-15-13-37/h6-9,16-17,19,25-30,39-40H,5,10-15,18,20-21H2,1-4H3/t25?,26?,27?,28?,29-,30?,33-,34+,35?/m1/s1. The number of carbonyl (C=O) groups excluding carboxylic acids is 2. The van der Waals surface area contributed by atoms with Crippen LogP contribution in [0.5, 0.6) is 0 Å². The molecule has 6 unspecified atom stereocenters. The number of esters is 1. The number of ether oxygens (including phenoxy) is 3. The van der Waals surface area contributed by atoms with E-state index in [1.165, 1.54) is 0 Å². The molecular formula is C35H47N3O7. The van der Waals surface area contributed by atoms with E-state index in [0.29, 0.717) is 37.6 Å². The number of aliphatic hydroxyl groups excluding tert-OH is 2. The van der Waals surface area contributed by atoms with Gasteiger partial charge in [-0.3, -0.25) is 19.5 Å². The third kappa shape index (κ3) is 4.83. The lowest BCUT2D eigenvalue weighted by Crippen LogP contribution is -2.67. The maximum Gasteiger partial charge on any atom is 0.343 e. The van der Waals surface area contributed by atoms with E-state index in [1.54, 1.807) is 17.1 Å². The van der Waals surface area contributed by atoms with Crippen LogP contribution in [0.3, 0.4) is 0 Å². The Kier molecular flexibility index (Phi) is 7.78. The maximum absolute atomic E-state index is 13.1. The second-order valence-electron chi connectivity index (χ2n) is 14.5. The Morgan fingerprint density at radius 2 is 1.93 bits per heavy atom. The Labute approximate surface area is 265 Å². The van der Waals surface area contributed by atoms with Crippen molar-refractivity contribution in [3.63, 3.8) is 0 Å². The van der Waals surface area contributed by atoms with Crippen molar-refractivity contribution in [3.05, 3.63) is 59.6 Å². The third-order valence-electron chi connectivity index (χ3n) is 12.3. The number of aliphatic hydroxyl groups is 2. The van der Waals surface area contributed by atoms with Crippen LogP contribution in [-0.2, 0) is 23.8 Å². The number of hydrogen-bond acceptors (Lipinski definition) is 9. The van der Waals surface area contributed by atoms with Crippen LogP contribution in [0.1, 0.15) is 46.5 Å². The van der Waals surface area contributed by atoms with E-state index in [2.05, 4.69) is 22.8 Å². The van der Waals surface area contributed by atoms with Gasteiger partial charge in [-0.2, -0.15) is 0 Å². The lowest BCUT2D eigenvalue weighted by Gasteiger charge is -2.63. The summed E-state index contributed by atoms with van der Waals surface area (Å²) in [7, 11) is 1.97. The first-order valence-corrected chi connectivity index (χ1v) is 16.6. The van der Waals surface area contributed by atoms with Crippen LogP contribution in [0, 0.1) is 22.7 Å². The minimum Gasteiger partial charge on any atom is -0.423 e. The molecule has 1 spiro atoms. The molecule has 2 saturated carbocycles. The number of allylic oxidation sites excluding steroid dienone is 4. The highest BCUT2D eigenvalue weighted by atomic mass is 16.6. The lowest BCUT2D eigenvalue weighted by atomic mass is 9.44. The fourth-order valence-corrected chi connectivity index (χ4v) is 9.57. The quantitative estimate of drug-likeness (QED) is 0.341. The number of nitrogens with zero attached hydrogens (tertiary/aromatic N) is 3. The molecule has 244 valence electrons. The van der Waals surface area contributed by atoms with Crippen LogP contribution in [-0.4, -0.2) is 113 Å². The Bertz CT molecular complexity index is 1390. The van der Waals surface area contributed by atoms with Crippen molar-refractivity contribution >= 4 is 11.9 Å². The fourth-order valence-electron chi connectivity index (χ4n) is 9.57. The van der Waals surface area contributed by atoms with Gasteiger partial charge >= 0.3 is 5.97 Å². The van der Waals surface area contributed by atoms with Crippen molar-refractivity contribution in [1.29, 1.82) is 0 Å². The molecule has 2 N–H and O–H groups in total. The van der Waals surface area contributed by atoms with E-state index in [1.807, 2.05) is 45.3 Å². The molecule has 9 atom stereocenters. The summed E-state index contributed by atoms with van der Waals surface area (Å²) in [6.45, 7) is 9.90. The molecule has 5 fully saturated rings. The third-order valence-corrected chi connectivity index (χ3v) is 12.3. The summed E-state index contributed by atoms with van der Waals surface area (Å²) in [5, 5.41) is 21.8. The van der Waals surface area contributed by atoms with Crippen LogP contribution in [0.25, 0.3) is 0 Å². The number of fused-ring (bicyclic) bond motifs is 2. The molecule has 0 radical (unpaired) electrons. The maximum atomic E-state index is 13.1. The fraction of sp³-hybridized carbons (Fsp3) is 0.657. The molecule has 45 heavy (non-hydrogen) atoms. The summed E-state index contributed by atoms with van der Waals surface area (Å²) >= 11 is 0. The molecular weight excluding hydrogens is 574 g/mol. The smallest absolute Gasteiger partial charge is 0.343 e. The predicted octanol–water partition coefficient (Wildman–Crippen LogP) is 2.51.